The van der Waals surface area contributed by atoms with Crippen LogP contribution in [0.2, 0.25) is 0 Å². The predicted octanol–water partition coefficient (Wildman–Crippen LogP) is 0.813. The van der Waals surface area contributed by atoms with Crippen molar-refractivity contribution < 1.29 is 18.0 Å². The average molecular weight is 366 g/mol. The molecule has 3 amide bonds. The van der Waals surface area contributed by atoms with Crippen LogP contribution < -0.4 is 5.32 Å². The van der Waals surface area contributed by atoms with Gasteiger partial charge in [0.25, 0.3) is 5.91 Å². The summed E-state index contributed by atoms with van der Waals surface area (Å²) >= 11 is 0. The molecule has 0 unspecified atom stereocenters. The normalized spacial score (nSPS) is 21.2. The number of hydrogen-bond acceptors (Lipinski definition) is 5. The van der Waals surface area contributed by atoms with Gasteiger partial charge >= 0.3 is 6.03 Å². The van der Waals surface area contributed by atoms with Crippen LogP contribution >= 0.6 is 0 Å². The Labute approximate surface area is 147 Å². The van der Waals surface area contributed by atoms with Crippen LogP contribution in [0.25, 0.3) is 0 Å². The quantitative estimate of drug-likeness (QED) is 0.795. The van der Waals surface area contributed by atoms with Crippen LogP contribution in [-0.4, -0.2) is 59.7 Å². The molecule has 2 fully saturated rings. The molecule has 2 aliphatic heterocycles. The molecule has 2 aliphatic rings. The smallest absolute Gasteiger partial charge is 0.309 e. The number of aromatic nitrogens is 1. The van der Waals surface area contributed by atoms with Crippen LogP contribution in [0, 0.1) is 5.92 Å². The lowest BCUT2D eigenvalue weighted by atomic mass is 9.86. The maximum Gasteiger partial charge on any atom is 0.325 e. The molecule has 1 N–H and O–H groups in total. The Morgan fingerprint density at radius 1 is 1.28 bits per heavy atom. The summed E-state index contributed by atoms with van der Waals surface area (Å²) < 4.78 is 26.8. The molecule has 9 heteroatoms. The van der Waals surface area contributed by atoms with Gasteiger partial charge in [-0.3, -0.25) is 15.1 Å². The van der Waals surface area contributed by atoms with Crippen LogP contribution in [0.4, 0.5) is 4.79 Å². The van der Waals surface area contributed by atoms with Crippen molar-refractivity contribution >= 4 is 22.0 Å². The lowest BCUT2D eigenvalue weighted by Crippen LogP contribution is -2.57. The molecule has 1 aromatic heterocycles. The summed E-state index contributed by atoms with van der Waals surface area (Å²) in [6, 6.07) is 2.69. The molecule has 1 spiro atoms. The van der Waals surface area contributed by atoms with Crippen molar-refractivity contribution in [2.75, 3.05) is 19.6 Å². The molecule has 0 aliphatic carbocycles. The number of nitrogens with one attached hydrogen (secondary N) is 1. The fourth-order valence-corrected chi connectivity index (χ4v) is 4.87. The van der Waals surface area contributed by atoms with Crippen molar-refractivity contribution in [1.82, 2.24) is 19.5 Å². The minimum absolute atomic E-state index is 0.136. The highest BCUT2D eigenvalue weighted by Gasteiger charge is 2.54. The van der Waals surface area contributed by atoms with E-state index in [4.69, 9.17) is 0 Å². The number of carbonyl (C=O) groups excluding carboxylic acids is 2. The lowest BCUT2D eigenvalue weighted by Gasteiger charge is -2.42. The summed E-state index contributed by atoms with van der Waals surface area (Å²) in [5, 5.41) is 2.39. The van der Waals surface area contributed by atoms with E-state index in [1.165, 1.54) is 22.8 Å². The fraction of sp³-hybridized carbons (Fsp3) is 0.562. The van der Waals surface area contributed by atoms with Gasteiger partial charge in [0, 0.05) is 32.0 Å². The minimum atomic E-state index is -3.64. The Balaban J connectivity index is 1.81. The minimum Gasteiger partial charge on any atom is -0.309 e. The van der Waals surface area contributed by atoms with E-state index in [0.29, 0.717) is 6.54 Å². The first-order valence-corrected chi connectivity index (χ1v) is 9.74. The highest BCUT2D eigenvalue weighted by Crippen LogP contribution is 2.35. The predicted molar refractivity (Wildman–Crippen MR) is 90.0 cm³/mol. The zero-order valence-corrected chi connectivity index (χ0v) is 15.1. The van der Waals surface area contributed by atoms with Crippen molar-refractivity contribution in [3.8, 4) is 0 Å². The monoisotopic (exact) mass is 366 g/mol. The standard InChI is InChI=1S/C16H22N4O4S/c1-12(2)11-20-15(22)18-14(21)16(20)5-8-19(9-6-16)25(23,24)13-4-3-7-17-10-13/h3-4,7,10,12H,5-6,8-9,11H2,1-2H3,(H,18,21,22). The summed E-state index contributed by atoms with van der Waals surface area (Å²) in [6.45, 7) is 4.80. The van der Waals surface area contributed by atoms with Crippen molar-refractivity contribution in [3.63, 3.8) is 0 Å². The highest BCUT2D eigenvalue weighted by atomic mass is 32.2. The van der Waals surface area contributed by atoms with E-state index in [2.05, 4.69) is 10.3 Å². The fourth-order valence-electron chi connectivity index (χ4n) is 3.46. The molecule has 1 aromatic rings. The van der Waals surface area contributed by atoms with Gasteiger partial charge in [-0.25, -0.2) is 13.2 Å². The van der Waals surface area contributed by atoms with E-state index in [-0.39, 0.29) is 48.7 Å². The number of imide groups is 1. The third kappa shape index (κ3) is 3.02. The molecule has 8 nitrogen and oxygen atoms in total. The Kier molecular flexibility index (Phi) is 4.54. The van der Waals surface area contributed by atoms with Crippen LogP contribution in [0.15, 0.2) is 29.4 Å². The molecular weight excluding hydrogens is 344 g/mol. The molecule has 0 saturated carbocycles. The number of rotatable bonds is 4. The summed E-state index contributed by atoms with van der Waals surface area (Å²) in [5.41, 5.74) is -0.942. The summed E-state index contributed by atoms with van der Waals surface area (Å²) in [6.07, 6.45) is 3.41. The van der Waals surface area contributed by atoms with E-state index < -0.39 is 15.6 Å². The molecule has 0 radical (unpaired) electrons. The van der Waals surface area contributed by atoms with Gasteiger partial charge in [0.1, 0.15) is 10.4 Å². The van der Waals surface area contributed by atoms with Gasteiger partial charge in [-0.15, -0.1) is 0 Å². The first-order valence-electron chi connectivity index (χ1n) is 8.30. The summed E-state index contributed by atoms with van der Waals surface area (Å²) in [5.74, 6) is -0.109. The van der Waals surface area contributed by atoms with E-state index in [9.17, 15) is 18.0 Å². The van der Waals surface area contributed by atoms with E-state index in [1.807, 2.05) is 13.8 Å². The topological polar surface area (TPSA) is 99.7 Å². The van der Waals surface area contributed by atoms with E-state index in [0.717, 1.165) is 0 Å². The first kappa shape index (κ1) is 17.8. The van der Waals surface area contributed by atoms with Crippen LogP contribution in [0.1, 0.15) is 26.7 Å². The number of nitrogens with zero attached hydrogens (tertiary/aromatic N) is 3. The largest absolute Gasteiger partial charge is 0.325 e. The maximum absolute atomic E-state index is 12.7. The van der Waals surface area contributed by atoms with Crippen molar-refractivity contribution in [3.05, 3.63) is 24.5 Å². The van der Waals surface area contributed by atoms with Gasteiger partial charge in [-0.05, 0) is 30.9 Å². The van der Waals surface area contributed by atoms with Crippen molar-refractivity contribution in [2.24, 2.45) is 5.92 Å². The number of pyridine rings is 1. The number of amides is 3. The lowest BCUT2D eigenvalue weighted by molar-refractivity contribution is -0.128. The third-order valence-corrected chi connectivity index (χ3v) is 6.66. The summed E-state index contributed by atoms with van der Waals surface area (Å²) in [7, 11) is -3.64. The van der Waals surface area contributed by atoms with Crippen LogP contribution in [-0.2, 0) is 14.8 Å². The molecule has 0 atom stereocenters. The number of piperidine rings is 1. The molecule has 136 valence electrons. The number of hydrogen-bond donors (Lipinski definition) is 1. The second-order valence-corrected chi connectivity index (χ2v) is 8.83. The van der Waals surface area contributed by atoms with Crippen molar-refractivity contribution in [1.29, 1.82) is 0 Å². The molecular formula is C16H22N4O4S. The zero-order valence-electron chi connectivity index (χ0n) is 14.3. The van der Waals surface area contributed by atoms with Crippen LogP contribution in [0.5, 0.6) is 0 Å². The van der Waals surface area contributed by atoms with E-state index in [1.54, 1.807) is 11.0 Å². The van der Waals surface area contributed by atoms with Gasteiger partial charge in [-0.1, -0.05) is 13.8 Å². The molecule has 25 heavy (non-hydrogen) atoms. The molecule has 3 rings (SSSR count). The van der Waals surface area contributed by atoms with Gasteiger partial charge in [0.15, 0.2) is 0 Å². The number of urea groups is 1. The number of carbonyl (C=O) groups is 2. The molecule has 0 bridgehead atoms. The van der Waals surface area contributed by atoms with Gasteiger partial charge in [0.05, 0.1) is 0 Å². The Bertz CT molecular complexity index is 771. The van der Waals surface area contributed by atoms with Gasteiger partial charge in [-0.2, -0.15) is 4.31 Å². The molecule has 3 heterocycles. The Morgan fingerprint density at radius 3 is 2.52 bits per heavy atom. The summed E-state index contributed by atoms with van der Waals surface area (Å²) in [4.78, 5) is 30.1. The molecule has 2 saturated heterocycles. The third-order valence-electron chi connectivity index (χ3n) is 4.77. The number of sulfonamides is 1. The Hall–Kier alpha value is -2.00. The van der Waals surface area contributed by atoms with Crippen LogP contribution in [0.3, 0.4) is 0 Å². The Morgan fingerprint density at radius 2 is 1.96 bits per heavy atom. The maximum atomic E-state index is 12.7. The zero-order chi connectivity index (χ0) is 18.2. The second-order valence-electron chi connectivity index (χ2n) is 6.89. The van der Waals surface area contributed by atoms with Gasteiger partial charge in [0.2, 0.25) is 10.0 Å². The van der Waals surface area contributed by atoms with E-state index >= 15 is 0 Å². The first-order chi connectivity index (χ1) is 11.8. The second kappa shape index (κ2) is 6.38. The SMILES string of the molecule is CC(C)CN1C(=O)NC(=O)C12CCN(S(=O)(=O)c1cccnc1)CC2. The average Bonchev–Trinajstić information content (AvgIpc) is 2.80. The molecule has 0 aromatic carbocycles. The van der Waals surface area contributed by atoms with Crippen molar-refractivity contribution in [2.45, 2.75) is 37.1 Å². The highest BCUT2D eigenvalue weighted by molar-refractivity contribution is 7.89. The van der Waals surface area contributed by atoms with Gasteiger partial charge < -0.3 is 4.90 Å².